The summed E-state index contributed by atoms with van der Waals surface area (Å²) in [5.41, 5.74) is 0. The summed E-state index contributed by atoms with van der Waals surface area (Å²) in [6.07, 6.45) is 4.09. The van der Waals surface area contributed by atoms with E-state index in [0.717, 1.165) is 13.1 Å². The second-order valence-electron chi connectivity index (χ2n) is 1.63. The molecule has 1 N–H and O–H groups in total. The van der Waals surface area contributed by atoms with Crippen molar-refractivity contribution in [1.29, 1.82) is 0 Å². The lowest BCUT2D eigenvalue weighted by Gasteiger charge is -1.89. The molecular formula is C8H13N. The summed E-state index contributed by atoms with van der Waals surface area (Å²) in [5.74, 6) is 5.72. The van der Waals surface area contributed by atoms with Gasteiger partial charge in [-0.25, -0.2) is 0 Å². The molecule has 0 unspecified atom stereocenters. The Kier molecular flexibility index (Phi) is 6.66. The Labute approximate surface area is 57.2 Å². The normalized spacial score (nSPS) is 9.11. The molecule has 0 aliphatic heterocycles. The zero-order chi connectivity index (χ0) is 6.95. The molecule has 9 heavy (non-hydrogen) atoms. The molecule has 0 aliphatic rings. The first kappa shape index (κ1) is 8.26. The van der Waals surface area contributed by atoms with Crippen LogP contribution in [0.4, 0.5) is 0 Å². The van der Waals surface area contributed by atoms with Crippen LogP contribution in [0.1, 0.15) is 13.8 Å². The summed E-state index contributed by atoms with van der Waals surface area (Å²) < 4.78 is 0. The van der Waals surface area contributed by atoms with E-state index in [1.165, 1.54) is 0 Å². The largest absolute Gasteiger partial charge is 0.303 e. The maximum Gasteiger partial charge on any atom is 0.0578 e. The van der Waals surface area contributed by atoms with Crippen LogP contribution in [0.15, 0.2) is 12.2 Å². The lowest BCUT2D eigenvalue weighted by molar-refractivity contribution is 0.856. The van der Waals surface area contributed by atoms with Crippen LogP contribution in [-0.2, 0) is 0 Å². The molecule has 50 valence electrons. The van der Waals surface area contributed by atoms with Gasteiger partial charge in [0.05, 0.1) is 6.54 Å². The molecule has 1 heteroatoms. The number of rotatable bonds is 3. The minimum Gasteiger partial charge on any atom is -0.303 e. The Hall–Kier alpha value is -0.740. The molecule has 0 aromatic rings. The van der Waals surface area contributed by atoms with Crippen molar-refractivity contribution in [3.63, 3.8) is 0 Å². The summed E-state index contributed by atoms with van der Waals surface area (Å²) in [7, 11) is 0. The minimum absolute atomic E-state index is 0.792. The molecule has 0 radical (unpaired) electrons. The number of hydrogen-bond donors (Lipinski definition) is 1. The van der Waals surface area contributed by atoms with Crippen molar-refractivity contribution in [3.05, 3.63) is 12.2 Å². The molecule has 0 saturated carbocycles. The van der Waals surface area contributed by atoms with Crippen LogP contribution in [0.25, 0.3) is 0 Å². The Balaban J connectivity index is 2.97. The van der Waals surface area contributed by atoms with Crippen LogP contribution in [0.3, 0.4) is 0 Å². The fourth-order valence-electron chi connectivity index (χ4n) is 0.424. The lowest BCUT2D eigenvalue weighted by atomic mass is 10.5. The molecule has 0 atom stereocenters. The smallest absolute Gasteiger partial charge is 0.0578 e. The molecule has 0 heterocycles. The number of allylic oxidation sites excluding steroid dienone is 1. The lowest BCUT2D eigenvalue weighted by Crippen LogP contribution is -2.12. The maximum absolute atomic E-state index is 3.13. The van der Waals surface area contributed by atoms with Crippen LogP contribution in [-0.4, -0.2) is 13.1 Å². The molecule has 0 spiro atoms. The Morgan fingerprint density at radius 2 is 2.33 bits per heavy atom. The van der Waals surface area contributed by atoms with E-state index < -0.39 is 0 Å². The van der Waals surface area contributed by atoms with E-state index in [1.54, 1.807) is 0 Å². The third-order valence-corrected chi connectivity index (χ3v) is 0.888. The summed E-state index contributed by atoms with van der Waals surface area (Å²) in [6.45, 7) is 5.57. The Morgan fingerprint density at radius 3 is 2.89 bits per heavy atom. The van der Waals surface area contributed by atoms with E-state index in [1.807, 2.05) is 19.9 Å². The molecule has 0 fully saturated rings. The molecule has 1 nitrogen and oxygen atoms in total. The van der Waals surface area contributed by atoms with E-state index in [0.29, 0.717) is 0 Å². The number of hydrogen-bond acceptors (Lipinski definition) is 1. The van der Waals surface area contributed by atoms with Crippen LogP contribution in [0.5, 0.6) is 0 Å². The van der Waals surface area contributed by atoms with Gasteiger partial charge < -0.3 is 5.32 Å². The first-order chi connectivity index (χ1) is 4.41. The van der Waals surface area contributed by atoms with Gasteiger partial charge in [-0.05, 0) is 13.8 Å². The van der Waals surface area contributed by atoms with Gasteiger partial charge in [0.15, 0.2) is 0 Å². The van der Waals surface area contributed by atoms with Gasteiger partial charge in [-0.3, -0.25) is 0 Å². The minimum atomic E-state index is 0.792. The van der Waals surface area contributed by atoms with E-state index >= 15 is 0 Å². The highest BCUT2D eigenvalue weighted by Crippen LogP contribution is 1.65. The summed E-state index contributed by atoms with van der Waals surface area (Å²) in [5, 5.41) is 3.13. The fraction of sp³-hybridized carbons (Fsp3) is 0.500. The van der Waals surface area contributed by atoms with Gasteiger partial charge in [0.25, 0.3) is 0 Å². The van der Waals surface area contributed by atoms with Crippen LogP contribution < -0.4 is 5.32 Å². The van der Waals surface area contributed by atoms with E-state index in [9.17, 15) is 0 Å². The quantitative estimate of drug-likeness (QED) is 0.337. The monoisotopic (exact) mass is 123 g/mol. The highest BCUT2D eigenvalue weighted by atomic mass is 14.8. The highest BCUT2D eigenvalue weighted by molar-refractivity contribution is 4.97. The van der Waals surface area contributed by atoms with Gasteiger partial charge in [-0.2, -0.15) is 0 Å². The van der Waals surface area contributed by atoms with Gasteiger partial charge in [-0.15, -0.1) is 5.92 Å². The average molecular weight is 123 g/mol. The summed E-state index contributed by atoms with van der Waals surface area (Å²) in [6, 6.07) is 0. The standard InChI is InChI=1S/C8H13N/c1-3-5-7-9-8-6-4-2/h3,5,9H,7-8H2,1-2H3/b5-3+. The average Bonchev–Trinajstić information content (AvgIpc) is 1.89. The van der Waals surface area contributed by atoms with Crippen molar-refractivity contribution < 1.29 is 0 Å². The zero-order valence-electron chi connectivity index (χ0n) is 6.07. The second-order valence-corrected chi connectivity index (χ2v) is 1.63. The van der Waals surface area contributed by atoms with Gasteiger partial charge in [-0.1, -0.05) is 18.1 Å². The molecule has 0 aliphatic carbocycles. The second kappa shape index (κ2) is 7.26. The maximum atomic E-state index is 3.13. The van der Waals surface area contributed by atoms with E-state index in [4.69, 9.17) is 0 Å². The van der Waals surface area contributed by atoms with Crippen molar-refractivity contribution >= 4 is 0 Å². The van der Waals surface area contributed by atoms with Crippen molar-refractivity contribution in [3.8, 4) is 11.8 Å². The van der Waals surface area contributed by atoms with Crippen molar-refractivity contribution in [1.82, 2.24) is 5.32 Å². The molecule has 0 aromatic carbocycles. The van der Waals surface area contributed by atoms with Gasteiger partial charge in [0.1, 0.15) is 0 Å². The molecular weight excluding hydrogens is 110 g/mol. The predicted octanol–water partition coefficient (Wildman–Crippen LogP) is 1.18. The van der Waals surface area contributed by atoms with Gasteiger partial charge >= 0.3 is 0 Å². The molecule has 0 rings (SSSR count). The number of nitrogens with one attached hydrogen (secondary N) is 1. The van der Waals surface area contributed by atoms with Gasteiger partial charge in [0, 0.05) is 6.54 Å². The molecule has 0 amide bonds. The molecule has 0 saturated heterocycles. The third kappa shape index (κ3) is 7.26. The van der Waals surface area contributed by atoms with E-state index in [-0.39, 0.29) is 0 Å². The summed E-state index contributed by atoms with van der Waals surface area (Å²) in [4.78, 5) is 0. The zero-order valence-corrected chi connectivity index (χ0v) is 6.07. The van der Waals surface area contributed by atoms with Crippen LogP contribution in [0, 0.1) is 11.8 Å². The van der Waals surface area contributed by atoms with Crippen LogP contribution in [0.2, 0.25) is 0 Å². The topological polar surface area (TPSA) is 12.0 Å². The predicted molar refractivity (Wildman–Crippen MR) is 41.1 cm³/mol. The fourth-order valence-corrected chi connectivity index (χ4v) is 0.424. The molecule has 0 bridgehead atoms. The van der Waals surface area contributed by atoms with E-state index in [2.05, 4.69) is 23.2 Å². The first-order valence-electron chi connectivity index (χ1n) is 3.13. The van der Waals surface area contributed by atoms with Gasteiger partial charge in [0.2, 0.25) is 0 Å². The van der Waals surface area contributed by atoms with Crippen molar-refractivity contribution in [2.24, 2.45) is 0 Å². The first-order valence-corrected chi connectivity index (χ1v) is 3.13. The SMILES string of the molecule is CC#CCNC/C=C/C. The van der Waals surface area contributed by atoms with Crippen molar-refractivity contribution in [2.75, 3.05) is 13.1 Å². The van der Waals surface area contributed by atoms with Crippen LogP contribution >= 0.6 is 0 Å². The molecule has 0 aromatic heterocycles. The van der Waals surface area contributed by atoms with Crippen molar-refractivity contribution in [2.45, 2.75) is 13.8 Å². The third-order valence-electron chi connectivity index (χ3n) is 0.888. The summed E-state index contributed by atoms with van der Waals surface area (Å²) >= 11 is 0. The Morgan fingerprint density at radius 1 is 1.56 bits per heavy atom. The highest BCUT2D eigenvalue weighted by Gasteiger charge is 1.72. The Bertz CT molecular complexity index is 125.